The van der Waals surface area contributed by atoms with Gasteiger partial charge in [0, 0.05) is 87.3 Å². The van der Waals surface area contributed by atoms with Crippen LogP contribution >= 0.6 is 11.6 Å². The average molecular weight is 1070 g/mol. The Morgan fingerprint density at radius 2 is 1.23 bits per heavy atom. The Morgan fingerprint density at radius 1 is 0.688 bits per heavy atom. The molecule has 3 fully saturated rings. The first kappa shape index (κ1) is 55.4. The Bertz CT molecular complexity index is 2970. The van der Waals surface area contributed by atoms with Crippen LogP contribution in [0.4, 0.5) is 28.4 Å². The van der Waals surface area contributed by atoms with Crippen molar-refractivity contribution in [1.82, 2.24) is 14.7 Å². The number of aromatic nitrogens is 2. The molecule has 6 heterocycles. The van der Waals surface area contributed by atoms with Crippen LogP contribution in [0.1, 0.15) is 90.9 Å². The van der Waals surface area contributed by atoms with E-state index in [1.807, 2.05) is 64.4 Å². The van der Waals surface area contributed by atoms with E-state index in [0.717, 1.165) is 91.5 Å². The highest BCUT2D eigenvalue weighted by molar-refractivity contribution is 6.82. The summed E-state index contributed by atoms with van der Waals surface area (Å²) in [5.41, 5.74) is 10.2. The largest absolute Gasteiger partial charge is 0.497 e. The fourth-order valence-corrected chi connectivity index (χ4v) is 9.69. The highest BCUT2D eigenvalue weighted by Gasteiger charge is 2.35. The third-order valence-electron chi connectivity index (χ3n) is 13.6. The SMILES string of the molecule is CC(=O)c1nn(-c2ccc(CO)cc2)c2c1CCN(c1ccc(N3CCCCC3=O)cc1)C2=O.CCOC(=O)/C(Cl)=N/Nc1ccc(OC)cc1.O=C1CCCCN1c1ccc(N2CCC=C(N3CCOCC3)C2=O)cc1. The predicted octanol–water partition coefficient (Wildman–Crippen LogP) is 7.67. The number of hydrogen-bond donors (Lipinski definition) is 2. The molecule has 0 atom stereocenters. The van der Waals surface area contributed by atoms with E-state index >= 15 is 0 Å². The number of Topliss-reactive ketones (excluding diaryl/α,β-unsaturated/α-hetero) is 1. The number of ether oxygens (including phenoxy) is 3. The molecule has 0 aliphatic carbocycles. The number of morpholine rings is 1. The number of methoxy groups -OCH3 is 1. The number of anilines is 5. The van der Waals surface area contributed by atoms with E-state index in [0.29, 0.717) is 80.4 Å². The van der Waals surface area contributed by atoms with E-state index in [2.05, 4.69) is 25.3 Å². The van der Waals surface area contributed by atoms with Gasteiger partial charge in [0.05, 0.1) is 50.6 Å². The maximum absolute atomic E-state index is 13.7. The number of nitrogens with zero attached hydrogens (tertiary/aromatic N) is 8. The minimum Gasteiger partial charge on any atom is -0.497 e. The van der Waals surface area contributed by atoms with Crippen molar-refractivity contribution in [3.05, 3.63) is 131 Å². The van der Waals surface area contributed by atoms with Crippen molar-refractivity contribution in [2.45, 2.75) is 71.8 Å². The molecular weight excluding hydrogens is 1010 g/mol. The number of hydrogen-bond acceptors (Lipinski definition) is 14. The minimum atomic E-state index is -0.657. The summed E-state index contributed by atoms with van der Waals surface area (Å²) in [4.78, 5) is 83.7. The number of fused-ring (bicyclic) bond motifs is 1. The van der Waals surface area contributed by atoms with Crippen LogP contribution in [0.25, 0.3) is 5.69 Å². The summed E-state index contributed by atoms with van der Waals surface area (Å²) in [5, 5.41) is 17.3. The van der Waals surface area contributed by atoms with Crippen molar-refractivity contribution in [2.24, 2.45) is 5.10 Å². The van der Waals surface area contributed by atoms with Crippen molar-refractivity contribution >= 4 is 80.6 Å². The molecule has 4 amide bonds. The highest BCUT2D eigenvalue weighted by Crippen LogP contribution is 2.32. The normalized spacial score (nSPS) is 16.9. The van der Waals surface area contributed by atoms with Crippen LogP contribution in [0.15, 0.2) is 114 Å². The number of aliphatic hydroxyl groups is 1. The van der Waals surface area contributed by atoms with E-state index in [1.165, 1.54) is 11.6 Å². The second-order valence-electron chi connectivity index (χ2n) is 18.6. The van der Waals surface area contributed by atoms with Crippen molar-refractivity contribution in [2.75, 3.05) is 91.2 Å². The third kappa shape index (κ3) is 13.4. The Kier molecular flexibility index (Phi) is 18.9. The van der Waals surface area contributed by atoms with Crippen LogP contribution in [0.5, 0.6) is 5.75 Å². The molecule has 0 saturated carbocycles. The fraction of sp³-hybridized carbons (Fsp3) is 0.368. The number of hydrazone groups is 1. The van der Waals surface area contributed by atoms with Crippen molar-refractivity contribution in [1.29, 1.82) is 0 Å². The summed E-state index contributed by atoms with van der Waals surface area (Å²) in [6.07, 6.45) is 8.54. The van der Waals surface area contributed by atoms with Gasteiger partial charge in [-0.05, 0) is 136 Å². The van der Waals surface area contributed by atoms with Crippen LogP contribution in [0.3, 0.4) is 0 Å². The number of carbonyl (C=O) groups is 6. The minimum absolute atomic E-state index is 0.0555. The van der Waals surface area contributed by atoms with E-state index in [4.69, 9.17) is 21.1 Å². The standard InChI is InChI=1S/C26H26N4O4.C20H25N3O3.C11H13ClN2O3/c1-17(32)24-22-13-15-29(20-11-9-19(10-12-20)28-14-3-2-4-23(28)33)26(34)25(22)30(27-24)21-7-5-18(16-31)6-8-21;24-19-5-1-2-10-22(19)16-6-8-17(9-7-16)23-11-3-4-18(20(23)25)21-12-14-26-15-13-21;1-3-17-11(15)10(12)14-13-8-4-6-9(16-2)7-5-8/h5-12,31H,2-4,13-16H2,1H3;4,6-9H,1-3,5,10-15H2;4-7,13H,3H2,1-2H3/b;;14-10-. The second kappa shape index (κ2) is 26.3. The third-order valence-corrected chi connectivity index (χ3v) is 13.9. The number of carbonyl (C=O) groups excluding carboxylic acids is 6. The summed E-state index contributed by atoms with van der Waals surface area (Å²) >= 11 is 5.61. The molecule has 0 unspecified atom stereocenters. The smallest absolute Gasteiger partial charge is 0.370 e. The second-order valence-corrected chi connectivity index (χ2v) is 19.0. The van der Waals surface area contributed by atoms with Gasteiger partial charge in [-0.2, -0.15) is 10.2 Å². The van der Waals surface area contributed by atoms with Crippen LogP contribution in [-0.4, -0.2) is 127 Å². The van der Waals surface area contributed by atoms with Crippen LogP contribution in [-0.2, 0) is 41.7 Å². The summed E-state index contributed by atoms with van der Waals surface area (Å²) in [6, 6.07) is 29.4. The zero-order chi connectivity index (χ0) is 54.4. The molecule has 0 radical (unpaired) electrons. The first-order valence-electron chi connectivity index (χ1n) is 26.0. The van der Waals surface area contributed by atoms with Crippen LogP contribution in [0.2, 0.25) is 0 Å². The van der Waals surface area contributed by atoms with Crippen LogP contribution < -0.4 is 29.8 Å². The van der Waals surface area contributed by atoms with Crippen molar-refractivity contribution in [3.63, 3.8) is 0 Å². The molecule has 1 aromatic heterocycles. The van der Waals surface area contributed by atoms with Gasteiger partial charge in [-0.25, -0.2) is 9.48 Å². The van der Waals surface area contributed by atoms with Gasteiger partial charge in [-0.1, -0.05) is 29.8 Å². The lowest BCUT2D eigenvalue weighted by atomic mass is 10.0. The van der Waals surface area contributed by atoms with Gasteiger partial charge < -0.3 is 43.8 Å². The molecule has 19 nitrogen and oxygen atoms in total. The lowest BCUT2D eigenvalue weighted by Crippen LogP contribution is -2.45. The van der Waals surface area contributed by atoms with Gasteiger partial charge in [0.25, 0.3) is 11.8 Å². The zero-order valence-corrected chi connectivity index (χ0v) is 44.4. The van der Waals surface area contributed by atoms with E-state index in [-0.39, 0.29) is 47.8 Å². The van der Waals surface area contributed by atoms with Gasteiger partial charge in [-0.3, -0.25) is 29.4 Å². The first-order chi connectivity index (χ1) is 37.4. The number of halogens is 1. The summed E-state index contributed by atoms with van der Waals surface area (Å²) < 4.78 is 16.6. The van der Waals surface area contributed by atoms with Crippen molar-refractivity contribution < 1.29 is 48.1 Å². The predicted molar refractivity (Wildman–Crippen MR) is 294 cm³/mol. The molecular formula is C57H64ClN9O10. The fourth-order valence-electron chi connectivity index (χ4n) is 9.59. The Hall–Kier alpha value is -7.87. The Morgan fingerprint density at radius 3 is 1.75 bits per heavy atom. The quantitative estimate of drug-likeness (QED) is 0.0503. The van der Waals surface area contributed by atoms with Crippen LogP contribution in [0, 0.1) is 0 Å². The zero-order valence-electron chi connectivity index (χ0n) is 43.6. The maximum Gasteiger partial charge on any atom is 0.370 e. The average Bonchev–Trinajstić information content (AvgIpc) is 3.94. The lowest BCUT2D eigenvalue weighted by Gasteiger charge is -2.35. The monoisotopic (exact) mass is 1070 g/mol. The number of aliphatic hydroxyl groups excluding tert-OH is 1. The van der Waals surface area contributed by atoms with Crippen molar-refractivity contribution in [3.8, 4) is 11.4 Å². The Balaban J connectivity index is 0.000000162. The lowest BCUT2D eigenvalue weighted by molar-refractivity contribution is -0.134. The number of esters is 1. The molecule has 0 spiro atoms. The molecule has 20 heteroatoms. The van der Waals surface area contributed by atoms with Gasteiger partial charge in [0.15, 0.2) is 5.78 Å². The van der Waals surface area contributed by atoms with Gasteiger partial charge in [-0.15, -0.1) is 0 Å². The number of amides is 4. The van der Waals surface area contributed by atoms with Gasteiger partial charge >= 0.3 is 5.97 Å². The molecule has 0 bridgehead atoms. The van der Waals surface area contributed by atoms with E-state index < -0.39 is 5.97 Å². The molecule has 5 aliphatic heterocycles. The number of piperidine rings is 2. The van der Waals surface area contributed by atoms with E-state index in [1.54, 1.807) is 72.4 Å². The number of nitrogens with one attached hydrogen (secondary N) is 1. The Labute approximate surface area is 452 Å². The molecule has 4 aromatic carbocycles. The number of benzene rings is 4. The topological polar surface area (TPSA) is 209 Å². The number of ketones is 1. The first-order valence-corrected chi connectivity index (χ1v) is 26.4. The highest BCUT2D eigenvalue weighted by atomic mass is 35.5. The van der Waals surface area contributed by atoms with E-state index in [9.17, 15) is 33.9 Å². The van der Waals surface area contributed by atoms with Gasteiger partial charge in [0.2, 0.25) is 17.0 Å². The number of rotatable bonds is 13. The van der Waals surface area contributed by atoms with Gasteiger partial charge in [0.1, 0.15) is 17.1 Å². The summed E-state index contributed by atoms with van der Waals surface area (Å²) in [5.74, 6) is 0.0420. The summed E-state index contributed by atoms with van der Waals surface area (Å²) in [6.45, 7) is 8.82. The molecule has 2 N–H and O–H groups in total. The molecule has 5 aromatic rings. The maximum atomic E-state index is 13.7. The molecule has 77 heavy (non-hydrogen) atoms. The molecule has 5 aliphatic rings. The molecule has 10 rings (SSSR count). The summed E-state index contributed by atoms with van der Waals surface area (Å²) in [7, 11) is 1.58. The molecule has 404 valence electrons. The molecule has 3 saturated heterocycles.